The molecule has 122 heavy (non-hydrogen) atoms. The summed E-state index contributed by atoms with van der Waals surface area (Å²) < 4.78 is 0. The molecule has 0 aliphatic heterocycles. The summed E-state index contributed by atoms with van der Waals surface area (Å²) in [5, 5.41) is 0. The number of hydrogen-bond donors (Lipinski definition) is 0. The van der Waals surface area contributed by atoms with Gasteiger partial charge in [-0.1, -0.05) is 358 Å². The summed E-state index contributed by atoms with van der Waals surface area (Å²) in [6.07, 6.45) is 42.5. The topological polar surface area (TPSA) is 0 Å². The zero-order valence-electron chi connectivity index (χ0n) is 82.9. The van der Waals surface area contributed by atoms with Gasteiger partial charge in [0.05, 0.1) is 16.1 Å². The van der Waals surface area contributed by atoms with E-state index in [0.717, 1.165) is 45.8 Å². The van der Waals surface area contributed by atoms with Gasteiger partial charge in [0.1, 0.15) is 0 Å². The summed E-state index contributed by atoms with van der Waals surface area (Å²) in [4.78, 5) is 0. The molecule has 0 saturated heterocycles. The summed E-state index contributed by atoms with van der Waals surface area (Å²) in [5.74, 6) is 8.24. The molecule has 10 aliphatic rings. The third-order valence-corrected chi connectivity index (χ3v) is 41.9. The van der Waals surface area contributed by atoms with E-state index < -0.39 is 16.1 Å². The van der Waals surface area contributed by atoms with Gasteiger partial charge in [0, 0.05) is 0 Å². The second-order valence-corrected chi connectivity index (χ2v) is 53.2. The number of benzene rings is 6. The zero-order chi connectivity index (χ0) is 79.5. The first-order chi connectivity index (χ1) is 53.2. The second-order valence-electron chi connectivity index (χ2n) is 43.3. The van der Waals surface area contributed by atoms with Gasteiger partial charge in [0.25, 0.3) is 0 Å². The van der Waals surface area contributed by atoms with Gasteiger partial charge < -0.3 is 59.4 Å². The Balaban J connectivity index is 0.000000401. The van der Waals surface area contributed by atoms with Crippen LogP contribution >= 0.6 is 0 Å². The Kier molecular flexibility index (Phi) is 37.5. The summed E-state index contributed by atoms with van der Waals surface area (Å²) in [5.41, 5.74) is 38.1. The molecule has 0 radical (unpaired) electrons. The van der Waals surface area contributed by atoms with Gasteiger partial charge >= 0.3 is 52.0 Å². The fraction of sp³-hybridized carbons (Fsp3) is 0.492. The quantitative estimate of drug-likeness (QED) is 0.0669. The number of allylic oxidation sites excluding steroid dienone is 16. The van der Waals surface area contributed by atoms with E-state index in [0.29, 0.717) is 47.3 Å². The van der Waals surface area contributed by atoms with Crippen LogP contribution in [0.25, 0.3) is 44.5 Å². The van der Waals surface area contributed by atoms with Crippen molar-refractivity contribution in [1.82, 2.24) is 0 Å². The molecule has 0 nitrogen and oxygen atoms in total. The van der Waals surface area contributed by atoms with Crippen molar-refractivity contribution in [2.45, 2.75) is 297 Å². The molecule has 656 valence electrons. The Morgan fingerprint density at radius 1 is 0.361 bits per heavy atom. The molecule has 0 aromatic heterocycles. The summed E-state index contributed by atoms with van der Waals surface area (Å²) in [7, 11) is -3.70. The van der Waals surface area contributed by atoms with Crippen molar-refractivity contribution in [3.8, 4) is 22.3 Å². The Morgan fingerprint density at radius 2 is 0.664 bits per heavy atom. The zero-order valence-corrected chi connectivity index (χ0v) is 90.9. The molecule has 4 heteroatoms. The van der Waals surface area contributed by atoms with Crippen molar-refractivity contribution in [1.29, 1.82) is 0 Å². The predicted molar refractivity (Wildman–Crippen MR) is 545 cm³/mol. The SMILES string of the molecule is CCCCC1CC2C(c3ccccc3-c3ccccc3)=CC=CC2C1[Si](C)(C)C1C(C)CC2C(c3cc(C(C)(C)C)c(C)c(C(C)(C)C)c3)=C3CCCC3=CC21.CCCCC1CC2C(c3ccccc3-c3ccccc3)=CC=CC2C1[Si](C)(C)C1C(C)CC2C(c3cc(C(C)(C)C)c(C)c(C(C)(C)C)c3)=C3CCCC3=CC21.[CH3-].[CH3-].[CH3-].[CH3-].[CH3-].[CH3-].[CH3-].[CH3-].[Hf+4].[Zr+4]. The average molecular weight is 1910 g/mol. The van der Waals surface area contributed by atoms with Crippen molar-refractivity contribution in [3.63, 3.8) is 0 Å². The van der Waals surface area contributed by atoms with E-state index in [1.807, 2.05) is 0 Å². The molecule has 0 bridgehead atoms. The number of hydrogen-bond acceptors (Lipinski definition) is 0. The summed E-state index contributed by atoms with van der Waals surface area (Å²) >= 11 is 0. The van der Waals surface area contributed by atoms with Crippen LogP contribution in [0.5, 0.6) is 0 Å². The molecule has 16 atom stereocenters. The van der Waals surface area contributed by atoms with E-state index in [-0.39, 0.29) is 133 Å². The van der Waals surface area contributed by atoms with Crippen molar-refractivity contribution in [2.24, 2.45) is 71.0 Å². The molecule has 0 spiro atoms. The van der Waals surface area contributed by atoms with Crippen LogP contribution < -0.4 is 0 Å². The second kappa shape index (κ2) is 42.3. The first-order valence-electron chi connectivity index (χ1n) is 45.5. The Labute approximate surface area is 793 Å². The third kappa shape index (κ3) is 20.2. The van der Waals surface area contributed by atoms with Gasteiger partial charge in [-0.05, 0) is 315 Å². The predicted octanol–water partition coefficient (Wildman–Crippen LogP) is 35.5. The minimum absolute atomic E-state index is 0. The van der Waals surface area contributed by atoms with Gasteiger partial charge in [-0.2, -0.15) is 0 Å². The number of unbranched alkanes of at least 4 members (excludes halogenated alkanes) is 2. The fourth-order valence-corrected chi connectivity index (χ4v) is 40.0. The molecule has 0 N–H and O–H groups in total. The Hall–Kier alpha value is -4.57. The van der Waals surface area contributed by atoms with Crippen LogP contribution in [-0.2, 0) is 73.7 Å². The molecule has 0 heterocycles. The van der Waals surface area contributed by atoms with Crippen molar-refractivity contribution < 1.29 is 52.0 Å². The van der Waals surface area contributed by atoms with E-state index in [9.17, 15) is 0 Å². The maximum Gasteiger partial charge on any atom is 4.00 e. The molecule has 16 unspecified atom stereocenters. The first kappa shape index (κ1) is 108. The molecule has 6 saturated carbocycles. The van der Waals surface area contributed by atoms with Gasteiger partial charge in [-0.25, -0.2) is 0 Å². The minimum atomic E-state index is -1.85. The maximum absolute atomic E-state index is 2.91. The standard InChI is InChI=1S/2C55H72Si.8CH3.Hf.Zr/c2*1-12-13-21-39-32-46-44(43-26-18-17-25-41(43)37-22-15-14-16-23-37)28-20-29-45(46)53(39)56(10,11)52-35(2)30-47-48(52)31-38-24-19-27-42(38)51(47)40-33-49(54(4,5)6)36(3)50(34-40)55(7,8)9;;;;;;;;;;/h2*14-18,20,22-23,25-26,28-29,31,33-35,39,45-48,52-53H,12-13,19,21,24,27,30,32H2,1-11H3;8*1H3;;/q;;8*-1;2*+4. The Bertz CT molecular complexity index is 4380. The number of rotatable bonds is 16. The van der Waals surface area contributed by atoms with Gasteiger partial charge in [-0.3, -0.25) is 0 Å². The largest absolute Gasteiger partial charge is 4.00 e. The van der Waals surface area contributed by atoms with Crippen LogP contribution in [0, 0.1) is 144 Å². The molecule has 16 rings (SSSR count). The minimum Gasteiger partial charge on any atom is -0.358 e. The van der Waals surface area contributed by atoms with E-state index in [1.165, 1.54) is 147 Å². The van der Waals surface area contributed by atoms with E-state index in [1.54, 1.807) is 78.0 Å². The molecule has 10 aliphatic carbocycles. The Morgan fingerprint density at radius 3 is 0.967 bits per heavy atom. The van der Waals surface area contributed by atoms with Gasteiger partial charge in [0.2, 0.25) is 0 Å². The van der Waals surface area contributed by atoms with Gasteiger partial charge in [0.15, 0.2) is 0 Å². The van der Waals surface area contributed by atoms with Crippen molar-refractivity contribution in [2.75, 3.05) is 0 Å². The smallest absolute Gasteiger partial charge is 0.358 e. The number of fused-ring (bicyclic) bond motifs is 6. The van der Waals surface area contributed by atoms with Crippen LogP contribution in [0.4, 0.5) is 0 Å². The van der Waals surface area contributed by atoms with Crippen molar-refractivity contribution >= 4 is 38.4 Å². The van der Waals surface area contributed by atoms with Crippen LogP contribution in [-0.4, -0.2) is 16.1 Å². The van der Waals surface area contributed by atoms with Crippen LogP contribution in [0.3, 0.4) is 0 Å². The first-order valence-corrected chi connectivity index (χ1v) is 51.8. The molecule has 6 aromatic carbocycles. The monoisotopic (exact) mass is 1910 g/mol. The average Bonchev–Trinajstić information content (AvgIpc) is 1.56. The molecule has 6 fully saturated rings. The third-order valence-electron chi connectivity index (χ3n) is 31.4. The van der Waals surface area contributed by atoms with Gasteiger partial charge in [-0.15, -0.1) is 0 Å². The van der Waals surface area contributed by atoms with Crippen molar-refractivity contribution in [3.05, 3.63) is 319 Å². The van der Waals surface area contributed by atoms with Crippen LogP contribution in [0.1, 0.15) is 269 Å². The molecule has 6 aromatic rings. The van der Waals surface area contributed by atoms with E-state index >= 15 is 0 Å². The maximum atomic E-state index is 2.91. The molecular formula is C118H168HfSi2Zr. The summed E-state index contributed by atoms with van der Waals surface area (Å²) in [6.45, 7) is 55.7. The summed E-state index contributed by atoms with van der Waals surface area (Å²) in [6, 6.07) is 51.5. The normalized spacial score (nSPS) is 26.5. The van der Waals surface area contributed by atoms with Crippen LogP contribution in [0.15, 0.2) is 204 Å². The fourth-order valence-electron chi connectivity index (χ4n) is 27.6. The van der Waals surface area contributed by atoms with E-state index in [4.69, 9.17) is 0 Å². The van der Waals surface area contributed by atoms with E-state index in [2.05, 4.69) is 333 Å². The molecule has 0 amide bonds. The molecular weight excluding hydrogens is 1740 g/mol. The van der Waals surface area contributed by atoms with Crippen LogP contribution in [0.2, 0.25) is 48.4 Å².